The minimum Gasteiger partial charge on any atom is -0.294 e. The van der Waals surface area contributed by atoms with Gasteiger partial charge in [0.25, 0.3) is 0 Å². The molecular weight excluding hydrogens is 200 g/mol. The summed E-state index contributed by atoms with van der Waals surface area (Å²) in [6.07, 6.45) is 2.50. The Morgan fingerprint density at radius 3 is 2.06 bits per heavy atom. The standard InChI is InChI=1S/C8H10.C5H12N2O/c1-7-5-3-4-6-8(7)2;1-2-3-4-5(8)7-6/h3-6H,1-2H3;2-4,6H2,1H3,(H,7,8). The molecule has 0 aromatic heterocycles. The molecule has 0 bridgehead atoms. The van der Waals surface area contributed by atoms with Gasteiger partial charge in [0.05, 0.1) is 0 Å². The zero-order chi connectivity index (χ0) is 12.4. The summed E-state index contributed by atoms with van der Waals surface area (Å²) in [5.74, 6) is 4.74. The summed E-state index contributed by atoms with van der Waals surface area (Å²) in [7, 11) is 0. The largest absolute Gasteiger partial charge is 0.294 e. The van der Waals surface area contributed by atoms with E-state index in [0.29, 0.717) is 6.42 Å². The second-order valence-corrected chi connectivity index (χ2v) is 3.76. The lowest BCUT2D eigenvalue weighted by atomic mass is 10.1. The van der Waals surface area contributed by atoms with Crippen LogP contribution in [-0.4, -0.2) is 5.91 Å². The van der Waals surface area contributed by atoms with Gasteiger partial charge in [0.2, 0.25) is 5.91 Å². The average Bonchev–Trinajstić information content (AvgIpc) is 2.30. The van der Waals surface area contributed by atoms with Gasteiger partial charge in [-0.3, -0.25) is 10.2 Å². The third-order valence-corrected chi connectivity index (χ3v) is 2.34. The van der Waals surface area contributed by atoms with Crippen LogP contribution in [0.25, 0.3) is 0 Å². The molecule has 90 valence electrons. The van der Waals surface area contributed by atoms with Gasteiger partial charge in [0.1, 0.15) is 0 Å². The third kappa shape index (κ3) is 7.01. The van der Waals surface area contributed by atoms with Gasteiger partial charge < -0.3 is 0 Å². The van der Waals surface area contributed by atoms with E-state index in [-0.39, 0.29) is 5.91 Å². The van der Waals surface area contributed by atoms with Crippen molar-refractivity contribution in [3.05, 3.63) is 35.4 Å². The Balaban J connectivity index is 0.000000281. The van der Waals surface area contributed by atoms with E-state index < -0.39 is 0 Å². The Kier molecular flexibility index (Phi) is 8.17. The lowest BCUT2D eigenvalue weighted by molar-refractivity contribution is -0.121. The highest BCUT2D eigenvalue weighted by atomic mass is 16.2. The lowest BCUT2D eigenvalue weighted by Crippen LogP contribution is -2.29. The topological polar surface area (TPSA) is 55.1 Å². The number of carbonyl (C=O) groups is 1. The predicted molar refractivity (Wildman–Crippen MR) is 67.8 cm³/mol. The molecule has 1 amide bonds. The van der Waals surface area contributed by atoms with E-state index in [1.165, 1.54) is 11.1 Å². The van der Waals surface area contributed by atoms with Crippen molar-refractivity contribution in [1.82, 2.24) is 5.43 Å². The fourth-order valence-corrected chi connectivity index (χ4v) is 1.07. The number of hydrazine groups is 1. The molecule has 0 saturated heterocycles. The lowest BCUT2D eigenvalue weighted by Gasteiger charge is -1.93. The molecule has 0 unspecified atom stereocenters. The molecule has 3 N–H and O–H groups in total. The number of hydrogen-bond donors (Lipinski definition) is 2. The van der Waals surface area contributed by atoms with Gasteiger partial charge in [-0.25, -0.2) is 5.84 Å². The summed E-state index contributed by atoms with van der Waals surface area (Å²) < 4.78 is 0. The van der Waals surface area contributed by atoms with Crippen molar-refractivity contribution in [2.24, 2.45) is 5.84 Å². The van der Waals surface area contributed by atoms with E-state index in [1.54, 1.807) is 0 Å². The molecule has 0 saturated carbocycles. The monoisotopic (exact) mass is 222 g/mol. The summed E-state index contributed by atoms with van der Waals surface area (Å²) >= 11 is 0. The summed E-state index contributed by atoms with van der Waals surface area (Å²) in [5.41, 5.74) is 4.80. The maximum Gasteiger partial charge on any atom is 0.233 e. The van der Waals surface area contributed by atoms with Crippen molar-refractivity contribution in [3.63, 3.8) is 0 Å². The van der Waals surface area contributed by atoms with Crippen molar-refractivity contribution in [3.8, 4) is 0 Å². The zero-order valence-corrected chi connectivity index (χ0v) is 10.4. The molecule has 16 heavy (non-hydrogen) atoms. The first-order valence-electron chi connectivity index (χ1n) is 5.63. The normalized spacial score (nSPS) is 9.00. The Bertz CT molecular complexity index is 290. The van der Waals surface area contributed by atoms with Gasteiger partial charge in [-0.1, -0.05) is 37.6 Å². The van der Waals surface area contributed by atoms with Crippen molar-refractivity contribution >= 4 is 5.91 Å². The molecule has 0 aliphatic rings. The van der Waals surface area contributed by atoms with Crippen LogP contribution in [0.5, 0.6) is 0 Å². The fourth-order valence-electron chi connectivity index (χ4n) is 1.07. The number of nitrogens with two attached hydrogens (primary N) is 1. The predicted octanol–water partition coefficient (Wildman–Crippen LogP) is 2.47. The molecule has 3 heteroatoms. The first-order chi connectivity index (χ1) is 7.61. The Morgan fingerprint density at radius 2 is 1.75 bits per heavy atom. The summed E-state index contributed by atoms with van der Waals surface area (Å²) in [4.78, 5) is 10.3. The van der Waals surface area contributed by atoms with Gasteiger partial charge in [-0.15, -0.1) is 0 Å². The minimum atomic E-state index is -0.0770. The SMILES string of the molecule is CCCCC(=O)NN.Cc1ccccc1C. The summed E-state index contributed by atoms with van der Waals surface area (Å²) in [6, 6.07) is 8.36. The summed E-state index contributed by atoms with van der Waals surface area (Å²) in [6.45, 7) is 6.27. The minimum absolute atomic E-state index is 0.0770. The fraction of sp³-hybridized carbons (Fsp3) is 0.462. The van der Waals surface area contributed by atoms with E-state index in [9.17, 15) is 4.79 Å². The molecule has 0 fully saturated rings. The maximum atomic E-state index is 10.3. The van der Waals surface area contributed by atoms with Crippen molar-refractivity contribution < 1.29 is 4.79 Å². The highest BCUT2D eigenvalue weighted by Crippen LogP contribution is 2.02. The van der Waals surface area contributed by atoms with Gasteiger partial charge in [0.15, 0.2) is 0 Å². The molecule has 1 rings (SSSR count). The van der Waals surface area contributed by atoms with Crippen molar-refractivity contribution in [1.29, 1.82) is 0 Å². The van der Waals surface area contributed by atoms with Crippen LogP contribution in [0.2, 0.25) is 0 Å². The first-order valence-corrected chi connectivity index (χ1v) is 5.63. The zero-order valence-electron chi connectivity index (χ0n) is 10.4. The Labute approximate surface area is 98.0 Å². The number of amides is 1. The highest BCUT2D eigenvalue weighted by molar-refractivity contribution is 5.74. The van der Waals surface area contributed by atoms with Gasteiger partial charge in [-0.2, -0.15) is 0 Å². The first kappa shape index (κ1) is 14.6. The van der Waals surface area contributed by atoms with Crippen LogP contribution in [0.4, 0.5) is 0 Å². The van der Waals surface area contributed by atoms with Crippen LogP contribution in [-0.2, 0) is 4.79 Å². The van der Waals surface area contributed by atoms with E-state index in [4.69, 9.17) is 5.84 Å². The van der Waals surface area contributed by atoms with Crippen LogP contribution < -0.4 is 11.3 Å². The smallest absolute Gasteiger partial charge is 0.233 e. The van der Waals surface area contributed by atoms with Crippen LogP contribution in [0.15, 0.2) is 24.3 Å². The molecule has 3 nitrogen and oxygen atoms in total. The molecule has 0 atom stereocenters. The van der Waals surface area contributed by atoms with Crippen molar-refractivity contribution in [2.75, 3.05) is 0 Å². The second-order valence-electron chi connectivity index (χ2n) is 3.76. The van der Waals surface area contributed by atoms with Gasteiger partial charge >= 0.3 is 0 Å². The number of rotatable bonds is 3. The Hall–Kier alpha value is -1.35. The molecule has 0 aliphatic heterocycles. The average molecular weight is 222 g/mol. The quantitative estimate of drug-likeness (QED) is 0.469. The van der Waals surface area contributed by atoms with Crippen LogP contribution >= 0.6 is 0 Å². The van der Waals surface area contributed by atoms with E-state index in [1.807, 2.05) is 6.92 Å². The number of benzene rings is 1. The van der Waals surface area contributed by atoms with Crippen LogP contribution in [0.1, 0.15) is 37.3 Å². The number of hydrogen-bond acceptors (Lipinski definition) is 2. The third-order valence-electron chi connectivity index (χ3n) is 2.34. The van der Waals surface area contributed by atoms with Crippen LogP contribution in [0.3, 0.4) is 0 Å². The van der Waals surface area contributed by atoms with E-state index in [2.05, 4.69) is 43.5 Å². The van der Waals surface area contributed by atoms with Gasteiger partial charge in [0, 0.05) is 6.42 Å². The highest BCUT2D eigenvalue weighted by Gasteiger charge is 1.93. The summed E-state index contributed by atoms with van der Waals surface area (Å²) in [5, 5.41) is 0. The number of unbranched alkanes of at least 4 members (excludes halogenated alkanes) is 1. The Morgan fingerprint density at radius 1 is 1.25 bits per heavy atom. The number of carbonyl (C=O) groups excluding carboxylic acids is 1. The van der Waals surface area contributed by atoms with Gasteiger partial charge in [-0.05, 0) is 31.4 Å². The number of aryl methyl sites for hydroxylation is 2. The molecule has 1 aromatic carbocycles. The second kappa shape index (κ2) is 8.92. The van der Waals surface area contributed by atoms with E-state index >= 15 is 0 Å². The molecule has 0 radical (unpaired) electrons. The number of nitrogens with one attached hydrogen (secondary N) is 1. The molecule has 1 aromatic rings. The molecule has 0 heterocycles. The maximum absolute atomic E-state index is 10.3. The molecule has 0 aliphatic carbocycles. The molecular formula is C13H22N2O. The van der Waals surface area contributed by atoms with Crippen molar-refractivity contribution in [2.45, 2.75) is 40.0 Å². The van der Waals surface area contributed by atoms with Crippen LogP contribution in [0, 0.1) is 13.8 Å². The van der Waals surface area contributed by atoms with E-state index in [0.717, 1.165) is 12.8 Å². The molecule has 0 spiro atoms.